The predicted octanol–water partition coefficient (Wildman–Crippen LogP) is 4.40. The lowest BCUT2D eigenvalue weighted by atomic mass is 9.94. The van der Waals surface area contributed by atoms with Crippen molar-refractivity contribution in [1.29, 1.82) is 0 Å². The second-order valence-electron chi connectivity index (χ2n) is 7.18. The minimum absolute atomic E-state index is 0.0580. The van der Waals surface area contributed by atoms with Crippen LogP contribution in [0, 0.1) is 5.82 Å². The summed E-state index contributed by atoms with van der Waals surface area (Å²) in [6.45, 7) is 8.28. The molecule has 122 valence electrons. The second-order valence-corrected chi connectivity index (χ2v) is 7.18. The molecule has 1 aromatic carbocycles. The van der Waals surface area contributed by atoms with Crippen LogP contribution in [-0.2, 0) is 0 Å². The fourth-order valence-corrected chi connectivity index (χ4v) is 3.91. The lowest BCUT2D eigenvalue weighted by Gasteiger charge is -2.41. The van der Waals surface area contributed by atoms with E-state index in [1.807, 2.05) is 6.07 Å². The quantitative estimate of drug-likeness (QED) is 0.816. The molecule has 2 aliphatic rings. The number of piperazine rings is 1. The van der Waals surface area contributed by atoms with Crippen LogP contribution in [-0.4, -0.2) is 37.1 Å². The lowest BCUT2D eigenvalue weighted by Crippen LogP contribution is -2.51. The summed E-state index contributed by atoms with van der Waals surface area (Å²) in [5.74, 6) is 0.323. The van der Waals surface area contributed by atoms with Crippen LogP contribution in [0.2, 0.25) is 0 Å². The molecule has 0 radical (unpaired) electrons. The maximum absolute atomic E-state index is 14.4. The number of hydrogen-bond acceptors (Lipinski definition) is 2. The Labute approximate surface area is 134 Å². The zero-order valence-corrected chi connectivity index (χ0v) is 14.0. The summed E-state index contributed by atoms with van der Waals surface area (Å²) >= 11 is 0. The number of benzene rings is 1. The van der Waals surface area contributed by atoms with Crippen LogP contribution in [0.15, 0.2) is 18.2 Å². The summed E-state index contributed by atoms with van der Waals surface area (Å²) < 4.78 is 14.4. The molecular weight excluding hydrogens is 275 g/mol. The third kappa shape index (κ3) is 3.45. The predicted molar refractivity (Wildman–Crippen MR) is 91.1 cm³/mol. The molecule has 1 aliphatic carbocycles. The number of hydrogen-bond donors (Lipinski definition) is 0. The molecule has 2 nitrogen and oxygen atoms in total. The van der Waals surface area contributed by atoms with Gasteiger partial charge in [0.05, 0.1) is 5.69 Å². The van der Waals surface area contributed by atoms with E-state index in [9.17, 15) is 4.39 Å². The van der Waals surface area contributed by atoms with E-state index in [1.54, 1.807) is 6.07 Å². The molecule has 3 heteroatoms. The first-order valence-electron chi connectivity index (χ1n) is 8.93. The van der Waals surface area contributed by atoms with Crippen molar-refractivity contribution in [2.75, 3.05) is 31.1 Å². The molecule has 0 amide bonds. The third-order valence-electron chi connectivity index (χ3n) is 5.38. The van der Waals surface area contributed by atoms with Crippen LogP contribution in [0.3, 0.4) is 0 Å². The van der Waals surface area contributed by atoms with E-state index in [0.29, 0.717) is 5.92 Å². The zero-order valence-electron chi connectivity index (χ0n) is 14.0. The first-order chi connectivity index (χ1) is 10.6. The Kier molecular flexibility index (Phi) is 5.02. The zero-order chi connectivity index (χ0) is 15.5. The van der Waals surface area contributed by atoms with E-state index in [2.05, 4.69) is 29.7 Å². The van der Waals surface area contributed by atoms with Gasteiger partial charge in [-0.25, -0.2) is 4.39 Å². The van der Waals surface area contributed by atoms with Gasteiger partial charge in [0.15, 0.2) is 0 Å². The van der Waals surface area contributed by atoms with Crippen LogP contribution >= 0.6 is 0 Å². The number of halogens is 1. The lowest BCUT2D eigenvalue weighted by molar-refractivity contribution is 0.147. The average Bonchev–Trinajstić information content (AvgIpc) is 2.56. The molecule has 1 aliphatic heterocycles. The molecule has 1 heterocycles. The summed E-state index contributed by atoms with van der Waals surface area (Å²) in [6.07, 6.45) is 6.89. The topological polar surface area (TPSA) is 6.48 Å². The van der Waals surface area contributed by atoms with E-state index >= 15 is 0 Å². The molecular formula is C19H29FN2. The smallest absolute Gasteiger partial charge is 0.146 e. The maximum Gasteiger partial charge on any atom is 0.146 e. The van der Waals surface area contributed by atoms with Gasteiger partial charge in [-0.2, -0.15) is 0 Å². The first-order valence-corrected chi connectivity index (χ1v) is 8.93. The fourth-order valence-electron chi connectivity index (χ4n) is 3.91. The van der Waals surface area contributed by atoms with E-state index in [0.717, 1.165) is 43.5 Å². The molecule has 3 rings (SSSR count). The van der Waals surface area contributed by atoms with Gasteiger partial charge < -0.3 is 4.90 Å². The van der Waals surface area contributed by atoms with E-state index in [-0.39, 0.29) is 5.82 Å². The Morgan fingerprint density at radius 2 is 1.68 bits per heavy atom. The first kappa shape index (κ1) is 15.8. The third-order valence-corrected chi connectivity index (χ3v) is 5.38. The Balaban J connectivity index is 1.61. The molecule has 1 saturated carbocycles. The van der Waals surface area contributed by atoms with Crippen LogP contribution in [0.1, 0.15) is 57.4 Å². The standard InChI is InChI=1S/C19H29FN2/c1-15(2)16-8-9-19(18(20)14-16)22-12-10-21(11-13-22)17-6-4-3-5-7-17/h8-9,14-15,17H,3-7,10-13H2,1-2H3. The summed E-state index contributed by atoms with van der Waals surface area (Å²) in [5.41, 5.74) is 1.87. The Morgan fingerprint density at radius 1 is 1.00 bits per heavy atom. The van der Waals surface area contributed by atoms with Crippen molar-refractivity contribution in [3.05, 3.63) is 29.6 Å². The van der Waals surface area contributed by atoms with Crippen molar-refractivity contribution in [1.82, 2.24) is 4.90 Å². The molecule has 22 heavy (non-hydrogen) atoms. The van der Waals surface area contributed by atoms with Crippen molar-refractivity contribution in [3.63, 3.8) is 0 Å². The minimum atomic E-state index is -0.0580. The summed E-state index contributed by atoms with van der Waals surface area (Å²) in [4.78, 5) is 4.86. The Hall–Kier alpha value is -1.09. The van der Waals surface area contributed by atoms with Crippen LogP contribution in [0.4, 0.5) is 10.1 Å². The Bertz CT molecular complexity index is 486. The molecule has 2 fully saturated rings. The molecule has 1 aromatic rings. The van der Waals surface area contributed by atoms with Crippen molar-refractivity contribution < 1.29 is 4.39 Å². The van der Waals surface area contributed by atoms with E-state index < -0.39 is 0 Å². The van der Waals surface area contributed by atoms with Gasteiger partial charge in [0.1, 0.15) is 5.82 Å². The van der Waals surface area contributed by atoms with Crippen LogP contribution in [0.5, 0.6) is 0 Å². The van der Waals surface area contributed by atoms with Gasteiger partial charge in [0.2, 0.25) is 0 Å². The molecule has 0 unspecified atom stereocenters. The van der Waals surface area contributed by atoms with Crippen LogP contribution in [0.25, 0.3) is 0 Å². The average molecular weight is 304 g/mol. The highest BCUT2D eigenvalue weighted by Gasteiger charge is 2.26. The molecule has 0 bridgehead atoms. The van der Waals surface area contributed by atoms with Crippen LogP contribution < -0.4 is 4.90 Å². The monoisotopic (exact) mass is 304 g/mol. The highest BCUT2D eigenvalue weighted by atomic mass is 19.1. The molecule has 0 N–H and O–H groups in total. The number of anilines is 1. The van der Waals surface area contributed by atoms with Gasteiger partial charge in [-0.1, -0.05) is 39.2 Å². The highest BCUT2D eigenvalue weighted by molar-refractivity contribution is 5.50. The van der Waals surface area contributed by atoms with E-state index in [4.69, 9.17) is 0 Å². The van der Waals surface area contributed by atoms with E-state index in [1.165, 1.54) is 32.1 Å². The van der Waals surface area contributed by atoms with Gasteiger partial charge in [-0.05, 0) is 36.5 Å². The summed E-state index contributed by atoms with van der Waals surface area (Å²) in [5, 5.41) is 0. The normalized spacial score (nSPS) is 21.5. The summed E-state index contributed by atoms with van der Waals surface area (Å²) in [6, 6.07) is 6.55. The van der Waals surface area contributed by atoms with Gasteiger partial charge in [-0.3, -0.25) is 4.90 Å². The fraction of sp³-hybridized carbons (Fsp3) is 0.684. The second kappa shape index (κ2) is 6.99. The van der Waals surface area contributed by atoms with Gasteiger partial charge in [0, 0.05) is 32.2 Å². The van der Waals surface area contributed by atoms with Gasteiger partial charge >= 0.3 is 0 Å². The van der Waals surface area contributed by atoms with Crippen molar-refractivity contribution >= 4 is 5.69 Å². The molecule has 0 aromatic heterocycles. The van der Waals surface area contributed by atoms with Gasteiger partial charge in [-0.15, -0.1) is 0 Å². The highest BCUT2D eigenvalue weighted by Crippen LogP contribution is 2.27. The SMILES string of the molecule is CC(C)c1ccc(N2CCN(C3CCCCC3)CC2)c(F)c1. The molecule has 0 spiro atoms. The number of rotatable bonds is 3. The van der Waals surface area contributed by atoms with Gasteiger partial charge in [0.25, 0.3) is 0 Å². The summed E-state index contributed by atoms with van der Waals surface area (Å²) in [7, 11) is 0. The maximum atomic E-state index is 14.4. The Morgan fingerprint density at radius 3 is 2.27 bits per heavy atom. The minimum Gasteiger partial charge on any atom is -0.367 e. The molecule has 1 saturated heterocycles. The largest absolute Gasteiger partial charge is 0.367 e. The molecule has 0 atom stereocenters. The van der Waals surface area contributed by atoms with Crippen molar-refractivity contribution in [3.8, 4) is 0 Å². The van der Waals surface area contributed by atoms with Crippen molar-refractivity contribution in [2.45, 2.75) is 57.9 Å². The van der Waals surface area contributed by atoms with Crippen molar-refractivity contribution in [2.24, 2.45) is 0 Å². The number of nitrogens with zero attached hydrogens (tertiary/aromatic N) is 2.